The summed E-state index contributed by atoms with van der Waals surface area (Å²) in [6.07, 6.45) is 1.63. The second-order valence-corrected chi connectivity index (χ2v) is 4.07. The first-order valence-corrected chi connectivity index (χ1v) is 4.92. The van der Waals surface area contributed by atoms with Gasteiger partial charge in [0.25, 0.3) is 0 Å². The number of carbonyl (C=O) groups is 2. The molecule has 0 aliphatic carbocycles. The van der Waals surface area contributed by atoms with Crippen LogP contribution in [0.4, 0.5) is 5.13 Å². The van der Waals surface area contributed by atoms with E-state index in [0.717, 1.165) is 11.3 Å². The summed E-state index contributed by atoms with van der Waals surface area (Å²) in [7, 11) is 0. The fourth-order valence-electron chi connectivity index (χ4n) is 1.33. The Morgan fingerprint density at radius 2 is 2.50 bits per heavy atom. The van der Waals surface area contributed by atoms with E-state index < -0.39 is 6.10 Å². The number of carbonyl (C=O) groups excluding carboxylic acids is 2. The van der Waals surface area contributed by atoms with Gasteiger partial charge in [-0.2, -0.15) is 0 Å². The largest absolute Gasteiger partial charge is 0.391 e. The van der Waals surface area contributed by atoms with Gasteiger partial charge in [0.05, 0.1) is 30.1 Å². The molecule has 1 atom stereocenters. The molecular formula is C8H8N2O3S. The van der Waals surface area contributed by atoms with Crippen LogP contribution >= 0.6 is 11.3 Å². The predicted molar refractivity (Wildman–Crippen MR) is 50.5 cm³/mol. The molecule has 1 fully saturated rings. The van der Waals surface area contributed by atoms with Gasteiger partial charge in [-0.25, -0.2) is 4.98 Å². The summed E-state index contributed by atoms with van der Waals surface area (Å²) in [4.78, 5) is 27.5. The van der Waals surface area contributed by atoms with Gasteiger partial charge < -0.3 is 5.11 Å². The van der Waals surface area contributed by atoms with Gasteiger partial charge in [0.1, 0.15) is 0 Å². The van der Waals surface area contributed by atoms with Gasteiger partial charge >= 0.3 is 0 Å². The Morgan fingerprint density at radius 3 is 3.00 bits per heavy atom. The first kappa shape index (κ1) is 9.29. The van der Waals surface area contributed by atoms with Crippen LogP contribution in [0.1, 0.15) is 16.1 Å². The number of hydrogen-bond acceptors (Lipinski definition) is 5. The van der Waals surface area contributed by atoms with Crippen molar-refractivity contribution >= 4 is 28.7 Å². The van der Waals surface area contributed by atoms with Crippen molar-refractivity contribution in [2.24, 2.45) is 0 Å². The molecule has 1 amide bonds. The molecule has 1 N–H and O–H groups in total. The van der Waals surface area contributed by atoms with Crippen molar-refractivity contribution < 1.29 is 14.7 Å². The van der Waals surface area contributed by atoms with Crippen LogP contribution in [0.2, 0.25) is 0 Å². The van der Waals surface area contributed by atoms with Crippen LogP contribution in [0.15, 0.2) is 6.20 Å². The van der Waals surface area contributed by atoms with E-state index in [1.54, 1.807) is 0 Å². The molecule has 1 aliphatic heterocycles. The van der Waals surface area contributed by atoms with Crippen LogP contribution < -0.4 is 4.90 Å². The molecule has 1 aromatic rings. The van der Waals surface area contributed by atoms with E-state index in [1.165, 1.54) is 11.1 Å². The van der Waals surface area contributed by atoms with E-state index in [2.05, 4.69) is 4.98 Å². The molecule has 1 aromatic heterocycles. The monoisotopic (exact) mass is 212 g/mol. The molecule has 0 radical (unpaired) electrons. The maximum Gasteiger partial charge on any atom is 0.231 e. The van der Waals surface area contributed by atoms with E-state index in [0.29, 0.717) is 16.3 Å². The second-order valence-electron chi connectivity index (χ2n) is 3.03. The lowest BCUT2D eigenvalue weighted by Crippen LogP contribution is -2.24. The zero-order valence-corrected chi connectivity index (χ0v) is 8.03. The molecule has 2 rings (SSSR count). The van der Waals surface area contributed by atoms with Gasteiger partial charge in [-0.3, -0.25) is 14.5 Å². The van der Waals surface area contributed by atoms with Crippen LogP contribution in [0.3, 0.4) is 0 Å². The molecule has 14 heavy (non-hydrogen) atoms. The van der Waals surface area contributed by atoms with E-state index in [-0.39, 0.29) is 18.9 Å². The smallest absolute Gasteiger partial charge is 0.231 e. The highest BCUT2D eigenvalue weighted by atomic mass is 32.1. The molecule has 6 heteroatoms. The second kappa shape index (κ2) is 3.47. The molecule has 74 valence electrons. The van der Waals surface area contributed by atoms with Gasteiger partial charge in [-0.1, -0.05) is 11.3 Å². The van der Waals surface area contributed by atoms with Crippen LogP contribution in [-0.2, 0) is 4.79 Å². The number of aliphatic hydroxyl groups excluding tert-OH is 1. The minimum atomic E-state index is -0.619. The molecule has 1 saturated heterocycles. The number of anilines is 1. The lowest BCUT2D eigenvalue weighted by Gasteiger charge is -2.10. The number of thiazole rings is 1. The van der Waals surface area contributed by atoms with Crippen molar-refractivity contribution in [1.82, 2.24) is 4.98 Å². The third kappa shape index (κ3) is 1.53. The van der Waals surface area contributed by atoms with Gasteiger partial charge in [-0.15, -0.1) is 0 Å². The summed E-state index contributed by atoms with van der Waals surface area (Å²) in [5.41, 5.74) is 0. The highest BCUT2D eigenvalue weighted by Crippen LogP contribution is 2.25. The average molecular weight is 212 g/mol. The Bertz CT molecular complexity index is 376. The molecular weight excluding hydrogens is 204 g/mol. The van der Waals surface area contributed by atoms with Gasteiger partial charge in [-0.05, 0) is 0 Å². The average Bonchev–Trinajstić information content (AvgIpc) is 2.71. The first-order valence-electron chi connectivity index (χ1n) is 4.10. The van der Waals surface area contributed by atoms with Crippen LogP contribution in [0.5, 0.6) is 0 Å². The maximum absolute atomic E-state index is 11.3. The number of aliphatic hydroxyl groups is 1. The van der Waals surface area contributed by atoms with E-state index in [4.69, 9.17) is 0 Å². The van der Waals surface area contributed by atoms with Crippen molar-refractivity contribution in [2.75, 3.05) is 11.4 Å². The minimum absolute atomic E-state index is 0.135. The Balaban J connectivity index is 2.22. The summed E-state index contributed by atoms with van der Waals surface area (Å²) in [6, 6.07) is 0. The van der Waals surface area contributed by atoms with Crippen LogP contribution in [0.25, 0.3) is 0 Å². The third-order valence-corrected chi connectivity index (χ3v) is 2.91. The Labute approximate surface area is 84.0 Å². The molecule has 0 aromatic carbocycles. The first-order chi connectivity index (χ1) is 6.70. The Kier molecular flexibility index (Phi) is 2.30. The number of β-amino-alcohol motifs (C(OH)–C–C–N with tert-alkyl or cyclic N) is 1. The maximum atomic E-state index is 11.3. The lowest BCUT2D eigenvalue weighted by molar-refractivity contribution is -0.117. The number of aromatic nitrogens is 1. The minimum Gasteiger partial charge on any atom is -0.391 e. The van der Waals surface area contributed by atoms with Gasteiger partial charge in [0.15, 0.2) is 11.4 Å². The molecule has 0 bridgehead atoms. The fourth-order valence-corrected chi connectivity index (χ4v) is 2.09. The van der Waals surface area contributed by atoms with Gasteiger partial charge in [0, 0.05) is 0 Å². The van der Waals surface area contributed by atoms with Crippen molar-refractivity contribution in [2.45, 2.75) is 12.5 Å². The third-order valence-electron chi connectivity index (χ3n) is 1.96. The summed E-state index contributed by atoms with van der Waals surface area (Å²) in [5.74, 6) is -0.149. The number of amides is 1. The quantitative estimate of drug-likeness (QED) is 0.703. The number of aldehydes is 1. The van der Waals surface area contributed by atoms with Crippen LogP contribution in [0, 0.1) is 0 Å². The van der Waals surface area contributed by atoms with E-state index >= 15 is 0 Å². The van der Waals surface area contributed by atoms with Crippen molar-refractivity contribution in [3.05, 3.63) is 11.1 Å². The van der Waals surface area contributed by atoms with E-state index in [9.17, 15) is 14.7 Å². The number of rotatable bonds is 2. The molecule has 1 unspecified atom stereocenters. The van der Waals surface area contributed by atoms with E-state index in [1.807, 2.05) is 0 Å². The Hall–Kier alpha value is -1.27. The normalized spacial score (nSPS) is 21.6. The highest BCUT2D eigenvalue weighted by Gasteiger charge is 2.30. The fraction of sp³-hybridized carbons (Fsp3) is 0.375. The number of nitrogens with zero attached hydrogens (tertiary/aromatic N) is 2. The predicted octanol–water partition coefficient (Wildman–Crippen LogP) is 0.0532. The van der Waals surface area contributed by atoms with Crippen molar-refractivity contribution in [3.8, 4) is 0 Å². The van der Waals surface area contributed by atoms with Crippen LogP contribution in [-0.4, -0.2) is 34.9 Å². The molecule has 0 saturated carbocycles. The molecule has 5 nitrogen and oxygen atoms in total. The molecule has 0 spiro atoms. The standard InChI is InChI=1S/C8H8N2O3S/c11-4-6-2-9-8(14-6)10-3-5(12)1-7(10)13/h2,4-5,12H,1,3H2. The van der Waals surface area contributed by atoms with Crippen molar-refractivity contribution in [3.63, 3.8) is 0 Å². The zero-order valence-electron chi connectivity index (χ0n) is 7.21. The summed E-state index contributed by atoms with van der Waals surface area (Å²) in [5, 5.41) is 9.72. The lowest BCUT2D eigenvalue weighted by atomic mass is 10.3. The Morgan fingerprint density at radius 1 is 1.71 bits per heavy atom. The zero-order chi connectivity index (χ0) is 10.1. The summed E-state index contributed by atoms with van der Waals surface area (Å²) >= 11 is 1.15. The SMILES string of the molecule is O=Cc1cnc(N2CC(O)CC2=O)s1. The highest BCUT2D eigenvalue weighted by molar-refractivity contribution is 7.17. The summed E-state index contributed by atoms with van der Waals surface area (Å²) < 4.78 is 0. The summed E-state index contributed by atoms with van der Waals surface area (Å²) in [6.45, 7) is 0.268. The number of hydrogen-bond donors (Lipinski definition) is 1. The molecule has 1 aliphatic rings. The molecule has 2 heterocycles. The van der Waals surface area contributed by atoms with Gasteiger partial charge in [0.2, 0.25) is 5.91 Å². The van der Waals surface area contributed by atoms with Crippen molar-refractivity contribution in [1.29, 1.82) is 0 Å². The topological polar surface area (TPSA) is 70.5 Å².